The van der Waals surface area contributed by atoms with Crippen LogP contribution in [0.1, 0.15) is 0 Å². The summed E-state index contributed by atoms with van der Waals surface area (Å²) in [5, 5.41) is 11.1. The monoisotopic (exact) mass is 343 g/mol. The van der Waals surface area contributed by atoms with E-state index in [1.807, 2.05) is 49.3 Å². The molecule has 3 aromatic rings. The molecule has 0 saturated heterocycles. The van der Waals surface area contributed by atoms with Crippen LogP contribution in [0.3, 0.4) is 0 Å². The number of anilines is 1. The second kappa shape index (κ2) is 5.33. The minimum atomic E-state index is 0.165. The van der Waals surface area contributed by atoms with Gasteiger partial charge in [0.15, 0.2) is 5.82 Å². The number of phenolic OH excluding ortho intramolecular Hbond substituents is 1. The molecule has 1 heterocycles. The first-order chi connectivity index (χ1) is 10.1. The van der Waals surface area contributed by atoms with E-state index in [1.54, 1.807) is 12.1 Å². The fourth-order valence-electron chi connectivity index (χ4n) is 2.21. The Morgan fingerprint density at radius 3 is 2.57 bits per heavy atom. The van der Waals surface area contributed by atoms with E-state index in [0.717, 1.165) is 21.2 Å². The summed E-state index contributed by atoms with van der Waals surface area (Å²) in [6.45, 7) is 0. The van der Waals surface area contributed by atoms with Gasteiger partial charge in [-0.3, -0.25) is 0 Å². The maximum atomic E-state index is 10.1. The zero-order chi connectivity index (χ0) is 15.0. The van der Waals surface area contributed by atoms with Crippen molar-refractivity contribution in [2.75, 3.05) is 19.0 Å². The van der Waals surface area contributed by atoms with Crippen molar-refractivity contribution in [3.8, 4) is 17.1 Å². The van der Waals surface area contributed by atoms with Crippen LogP contribution in [-0.2, 0) is 0 Å². The average Bonchev–Trinajstić information content (AvgIpc) is 2.48. The van der Waals surface area contributed by atoms with E-state index in [-0.39, 0.29) is 5.75 Å². The largest absolute Gasteiger partial charge is 0.507 e. The van der Waals surface area contributed by atoms with Gasteiger partial charge in [-0.1, -0.05) is 28.1 Å². The molecule has 0 bridgehead atoms. The Balaban J connectivity index is 2.31. The summed E-state index contributed by atoms with van der Waals surface area (Å²) in [6, 6.07) is 13.1. The summed E-state index contributed by atoms with van der Waals surface area (Å²) in [5.74, 6) is 1.50. The quantitative estimate of drug-likeness (QED) is 0.768. The van der Waals surface area contributed by atoms with E-state index in [2.05, 4.69) is 25.9 Å². The minimum Gasteiger partial charge on any atom is -0.507 e. The fourth-order valence-corrected chi connectivity index (χ4v) is 2.57. The molecule has 0 atom stereocenters. The number of rotatable bonds is 2. The third kappa shape index (κ3) is 2.56. The molecule has 1 aromatic heterocycles. The molecule has 5 heteroatoms. The first-order valence-corrected chi connectivity index (χ1v) is 7.28. The standard InChI is InChI=1S/C16H14BrN3O/c1-20(2)16-11-5-3-4-6-13(11)18-15(19-16)12-9-10(17)7-8-14(12)21/h3-9,21H,1-2H3. The van der Waals surface area contributed by atoms with Crippen LogP contribution in [0.2, 0.25) is 0 Å². The normalized spacial score (nSPS) is 10.8. The van der Waals surface area contributed by atoms with Crippen molar-refractivity contribution >= 4 is 32.7 Å². The molecule has 0 fully saturated rings. The van der Waals surface area contributed by atoms with Gasteiger partial charge in [0.05, 0.1) is 11.1 Å². The lowest BCUT2D eigenvalue weighted by atomic mass is 10.1. The molecule has 0 spiro atoms. The van der Waals surface area contributed by atoms with Gasteiger partial charge in [-0.2, -0.15) is 0 Å². The van der Waals surface area contributed by atoms with Gasteiger partial charge in [0, 0.05) is 24.0 Å². The number of hydrogen-bond donors (Lipinski definition) is 1. The van der Waals surface area contributed by atoms with E-state index < -0.39 is 0 Å². The minimum absolute atomic E-state index is 0.165. The number of para-hydroxylation sites is 1. The average molecular weight is 344 g/mol. The third-order valence-electron chi connectivity index (χ3n) is 3.21. The lowest BCUT2D eigenvalue weighted by Gasteiger charge is -2.15. The Bertz CT molecular complexity index is 818. The van der Waals surface area contributed by atoms with Gasteiger partial charge in [0.1, 0.15) is 11.6 Å². The second-order valence-electron chi connectivity index (χ2n) is 4.94. The van der Waals surface area contributed by atoms with Crippen molar-refractivity contribution in [1.82, 2.24) is 9.97 Å². The van der Waals surface area contributed by atoms with Gasteiger partial charge in [-0.05, 0) is 30.3 Å². The Hall–Kier alpha value is -2.14. The Kier molecular flexibility index (Phi) is 3.51. The van der Waals surface area contributed by atoms with Crippen LogP contribution in [-0.4, -0.2) is 29.2 Å². The zero-order valence-electron chi connectivity index (χ0n) is 11.7. The van der Waals surface area contributed by atoms with Gasteiger partial charge >= 0.3 is 0 Å². The molecule has 106 valence electrons. The highest BCUT2D eigenvalue weighted by atomic mass is 79.9. The van der Waals surface area contributed by atoms with Gasteiger partial charge < -0.3 is 10.0 Å². The summed E-state index contributed by atoms with van der Waals surface area (Å²) in [7, 11) is 3.89. The molecule has 0 unspecified atom stereocenters. The lowest BCUT2D eigenvalue weighted by molar-refractivity contribution is 0.477. The first kappa shape index (κ1) is 13.8. The van der Waals surface area contributed by atoms with E-state index in [1.165, 1.54) is 0 Å². The van der Waals surface area contributed by atoms with Gasteiger partial charge in [-0.15, -0.1) is 0 Å². The molecule has 2 aromatic carbocycles. The maximum absolute atomic E-state index is 10.1. The summed E-state index contributed by atoms with van der Waals surface area (Å²) < 4.78 is 0.874. The van der Waals surface area contributed by atoms with Crippen LogP contribution in [0, 0.1) is 0 Å². The van der Waals surface area contributed by atoms with Crippen molar-refractivity contribution in [3.05, 3.63) is 46.9 Å². The highest BCUT2D eigenvalue weighted by Gasteiger charge is 2.13. The number of hydrogen-bond acceptors (Lipinski definition) is 4. The number of phenols is 1. The second-order valence-corrected chi connectivity index (χ2v) is 5.86. The van der Waals surface area contributed by atoms with Crippen LogP contribution in [0.15, 0.2) is 46.9 Å². The number of benzene rings is 2. The lowest BCUT2D eigenvalue weighted by Crippen LogP contribution is -2.12. The predicted octanol–water partition coefficient (Wildman–Crippen LogP) is 3.83. The zero-order valence-corrected chi connectivity index (χ0v) is 13.3. The number of aromatic hydroxyl groups is 1. The molecule has 21 heavy (non-hydrogen) atoms. The number of fused-ring (bicyclic) bond motifs is 1. The summed E-state index contributed by atoms with van der Waals surface area (Å²) in [4.78, 5) is 11.1. The number of nitrogens with zero attached hydrogens (tertiary/aromatic N) is 3. The molecule has 0 aliphatic heterocycles. The summed E-state index contributed by atoms with van der Waals surface area (Å²) in [5.41, 5.74) is 1.46. The highest BCUT2D eigenvalue weighted by Crippen LogP contribution is 2.32. The molecular weight excluding hydrogens is 330 g/mol. The molecule has 0 radical (unpaired) electrons. The smallest absolute Gasteiger partial charge is 0.165 e. The van der Waals surface area contributed by atoms with Crippen molar-refractivity contribution in [3.63, 3.8) is 0 Å². The van der Waals surface area contributed by atoms with Crippen molar-refractivity contribution in [2.45, 2.75) is 0 Å². The Labute approximate surface area is 131 Å². The van der Waals surface area contributed by atoms with Crippen LogP contribution in [0.5, 0.6) is 5.75 Å². The van der Waals surface area contributed by atoms with Gasteiger partial charge in [0.2, 0.25) is 0 Å². The SMILES string of the molecule is CN(C)c1nc(-c2cc(Br)ccc2O)nc2ccccc12. The van der Waals surface area contributed by atoms with Crippen molar-refractivity contribution in [2.24, 2.45) is 0 Å². The van der Waals surface area contributed by atoms with E-state index in [0.29, 0.717) is 11.4 Å². The third-order valence-corrected chi connectivity index (χ3v) is 3.70. The summed E-state index contributed by atoms with van der Waals surface area (Å²) in [6.07, 6.45) is 0. The van der Waals surface area contributed by atoms with Crippen LogP contribution in [0.25, 0.3) is 22.3 Å². The van der Waals surface area contributed by atoms with Crippen molar-refractivity contribution in [1.29, 1.82) is 0 Å². The number of halogens is 1. The molecule has 0 amide bonds. The van der Waals surface area contributed by atoms with Gasteiger partial charge in [-0.25, -0.2) is 9.97 Å². The molecule has 0 aliphatic carbocycles. The highest BCUT2D eigenvalue weighted by molar-refractivity contribution is 9.10. The Morgan fingerprint density at radius 2 is 1.81 bits per heavy atom. The van der Waals surface area contributed by atoms with Crippen LogP contribution in [0.4, 0.5) is 5.82 Å². The maximum Gasteiger partial charge on any atom is 0.165 e. The number of aromatic nitrogens is 2. The van der Waals surface area contributed by atoms with Crippen LogP contribution < -0.4 is 4.90 Å². The summed E-state index contributed by atoms with van der Waals surface area (Å²) >= 11 is 3.41. The van der Waals surface area contributed by atoms with Gasteiger partial charge in [0.25, 0.3) is 0 Å². The molecule has 0 aliphatic rings. The van der Waals surface area contributed by atoms with E-state index >= 15 is 0 Å². The van der Waals surface area contributed by atoms with Crippen LogP contribution >= 0.6 is 15.9 Å². The fraction of sp³-hybridized carbons (Fsp3) is 0.125. The Morgan fingerprint density at radius 1 is 1.05 bits per heavy atom. The molecule has 1 N–H and O–H groups in total. The molecular formula is C16H14BrN3O. The van der Waals surface area contributed by atoms with Crippen molar-refractivity contribution < 1.29 is 5.11 Å². The topological polar surface area (TPSA) is 49.2 Å². The molecule has 3 rings (SSSR count). The molecule has 4 nitrogen and oxygen atoms in total. The van der Waals surface area contributed by atoms with E-state index in [9.17, 15) is 5.11 Å². The van der Waals surface area contributed by atoms with E-state index in [4.69, 9.17) is 0 Å². The first-order valence-electron chi connectivity index (χ1n) is 6.49. The molecule has 0 saturated carbocycles. The predicted molar refractivity (Wildman–Crippen MR) is 88.7 cm³/mol.